The lowest BCUT2D eigenvalue weighted by atomic mass is 9.94. The normalized spacial score (nSPS) is 13.0. The van der Waals surface area contributed by atoms with E-state index in [1.807, 2.05) is 24.3 Å². The first-order chi connectivity index (χ1) is 12.7. The summed E-state index contributed by atoms with van der Waals surface area (Å²) in [6, 6.07) is 10.1. The summed E-state index contributed by atoms with van der Waals surface area (Å²) in [5, 5.41) is 10.6. The molecular weight excluding hydrogens is 320 g/mol. The van der Waals surface area contributed by atoms with Gasteiger partial charge in [-0.2, -0.15) is 0 Å². The quantitative estimate of drug-likeness (QED) is 0.290. The van der Waals surface area contributed by atoms with Gasteiger partial charge >= 0.3 is 0 Å². The van der Waals surface area contributed by atoms with Crippen molar-refractivity contribution in [2.24, 2.45) is 0 Å². The molecule has 0 fully saturated rings. The maximum Gasteiger partial charge on any atom is 0.161 e. The molecule has 0 bridgehead atoms. The zero-order valence-corrected chi connectivity index (χ0v) is 16.9. The van der Waals surface area contributed by atoms with Gasteiger partial charge in [0.25, 0.3) is 0 Å². The van der Waals surface area contributed by atoms with Gasteiger partial charge in [-0.15, -0.1) is 0 Å². The third-order valence-electron chi connectivity index (χ3n) is 4.92. The smallest absolute Gasteiger partial charge is 0.161 e. The molecule has 1 unspecified atom stereocenters. The van der Waals surface area contributed by atoms with Crippen LogP contribution in [0.5, 0.6) is 0 Å². The first kappa shape index (κ1) is 22.6. The minimum Gasteiger partial charge on any atom is -0.388 e. The van der Waals surface area contributed by atoms with E-state index in [9.17, 15) is 9.90 Å². The molecule has 0 aromatic heterocycles. The summed E-state index contributed by atoms with van der Waals surface area (Å²) in [5.41, 5.74) is 1.84. The Morgan fingerprint density at radius 1 is 0.962 bits per heavy atom. The number of benzene rings is 1. The third kappa shape index (κ3) is 9.91. The van der Waals surface area contributed by atoms with E-state index in [1.54, 1.807) is 0 Å². The number of hydrogen-bond acceptors (Lipinski definition) is 2. The Balaban J connectivity index is 2.50. The largest absolute Gasteiger partial charge is 0.388 e. The number of unbranched alkanes of at least 4 members (excludes halogenated alkanes) is 7. The Bertz CT molecular complexity index is 504. The van der Waals surface area contributed by atoms with Gasteiger partial charge in [0.05, 0.1) is 6.10 Å². The minimum atomic E-state index is -0.596. The maximum atomic E-state index is 12.7. The Morgan fingerprint density at radius 2 is 1.62 bits per heavy atom. The van der Waals surface area contributed by atoms with Gasteiger partial charge in [0, 0.05) is 12.0 Å². The second-order valence-corrected chi connectivity index (χ2v) is 7.28. The molecule has 0 amide bonds. The van der Waals surface area contributed by atoms with Crippen molar-refractivity contribution in [1.82, 2.24) is 0 Å². The van der Waals surface area contributed by atoms with Crippen molar-refractivity contribution in [3.63, 3.8) is 0 Å². The van der Waals surface area contributed by atoms with Crippen LogP contribution >= 0.6 is 0 Å². The van der Waals surface area contributed by atoms with E-state index in [-0.39, 0.29) is 5.78 Å². The van der Waals surface area contributed by atoms with Crippen LogP contribution in [0.1, 0.15) is 90.0 Å². The van der Waals surface area contributed by atoms with Gasteiger partial charge in [0.2, 0.25) is 0 Å². The first-order valence-electron chi connectivity index (χ1n) is 10.6. The summed E-state index contributed by atoms with van der Waals surface area (Å²) in [7, 11) is 0. The fraction of sp³-hybridized carbons (Fsp3) is 0.625. The fourth-order valence-corrected chi connectivity index (χ4v) is 3.22. The second-order valence-electron chi connectivity index (χ2n) is 7.28. The van der Waals surface area contributed by atoms with Gasteiger partial charge in [0.1, 0.15) is 0 Å². The average Bonchev–Trinajstić information content (AvgIpc) is 2.67. The lowest BCUT2D eigenvalue weighted by Gasteiger charge is -2.15. The van der Waals surface area contributed by atoms with E-state index in [4.69, 9.17) is 0 Å². The summed E-state index contributed by atoms with van der Waals surface area (Å²) in [5.74, 6) is 0.114. The highest BCUT2D eigenvalue weighted by molar-refractivity contribution is 5.96. The van der Waals surface area contributed by atoms with E-state index >= 15 is 0 Å². The molecule has 0 saturated carbocycles. The van der Waals surface area contributed by atoms with E-state index in [0.29, 0.717) is 18.4 Å². The van der Waals surface area contributed by atoms with Gasteiger partial charge in [-0.25, -0.2) is 0 Å². The topological polar surface area (TPSA) is 37.3 Å². The molecule has 1 N–H and O–H groups in total. The number of aliphatic hydroxyl groups is 1. The fourth-order valence-electron chi connectivity index (χ4n) is 3.22. The molecule has 1 atom stereocenters. The van der Waals surface area contributed by atoms with Crippen LogP contribution in [0.15, 0.2) is 42.0 Å². The highest BCUT2D eigenvalue weighted by Crippen LogP contribution is 2.18. The number of carbonyl (C=O) groups excluding carboxylic acids is 1. The highest BCUT2D eigenvalue weighted by atomic mass is 16.3. The number of ketones is 1. The Kier molecular flexibility index (Phi) is 12.8. The van der Waals surface area contributed by atoms with Crippen molar-refractivity contribution in [2.75, 3.05) is 0 Å². The van der Waals surface area contributed by atoms with Crippen molar-refractivity contribution in [1.29, 1.82) is 0 Å². The standard InChI is InChI=1S/C24H38O2/c1-3-5-7-8-9-14-18-23(25)22(17-11-6-4-2)24(26)20-19-21-15-12-10-13-16-21/h10,12-13,15-17,23,25H,3-9,11,14,18-20H2,1-2H3/b22-17+. The predicted octanol–water partition coefficient (Wildman–Crippen LogP) is 6.42. The zero-order chi connectivity index (χ0) is 19.0. The first-order valence-corrected chi connectivity index (χ1v) is 10.6. The maximum absolute atomic E-state index is 12.7. The van der Waals surface area contributed by atoms with Crippen LogP contribution in [0, 0.1) is 0 Å². The molecular formula is C24H38O2. The van der Waals surface area contributed by atoms with Gasteiger partial charge in [0.15, 0.2) is 5.78 Å². The van der Waals surface area contributed by atoms with Crippen molar-refractivity contribution >= 4 is 5.78 Å². The molecule has 1 aromatic rings. The van der Waals surface area contributed by atoms with E-state index in [2.05, 4.69) is 26.0 Å². The lowest BCUT2D eigenvalue weighted by Crippen LogP contribution is -2.19. The third-order valence-corrected chi connectivity index (χ3v) is 4.92. The van der Waals surface area contributed by atoms with Gasteiger partial charge in [-0.05, 0) is 24.8 Å². The van der Waals surface area contributed by atoms with Crippen LogP contribution in [0.2, 0.25) is 0 Å². The molecule has 146 valence electrons. The van der Waals surface area contributed by atoms with E-state index in [1.165, 1.54) is 31.2 Å². The predicted molar refractivity (Wildman–Crippen MR) is 111 cm³/mol. The van der Waals surface area contributed by atoms with Crippen LogP contribution in [0.4, 0.5) is 0 Å². The number of carbonyl (C=O) groups is 1. The molecule has 1 rings (SSSR count). The summed E-state index contributed by atoms with van der Waals surface area (Å²) in [6.45, 7) is 4.37. The molecule has 0 radical (unpaired) electrons. The molecule has 0 aliphatic carbocycles. The van der Waals surface area contributed by atoms with Gasteiger partial charge < -0.3 is 5.11 Å². The number of Topliss-reactive ketones (excluding diaryl/α,β-unsaturated/α-hetero) is 1. The number of hydrogen-bond donors (Lipinski definition) is 1. The summed E-state index contributed by atoms with van der Waals surface area (Å²) in [6.07, 6.45) is 13.6. The van der Waals surface area contributed by atoms with E-state index < -0.39 is 6.10 Å². The molecule has 26 heavy (non-hydrogen) atoms. The number of rotatable bonds is 15. The van der Waals surface area contributed by atoms with Crippen molar-refractivity contribution in [2.45, 2.75) is 97.0 Å². The van der Waals surface area contributed by atoms with Crippen LogP contribution in [0.3, 0.4) is 0 Å². The summed E-state index contributed by atoms with van der Waals surface area (Å²) in [4.78, 5) is 12.7. The molecule has 0 aliphatic rings. The van der Waals surface area contributed by atoms with Crippen LogP contribution in [-0.2, 0) is 11.2 Å². The molecule has 0 heterocycles. The Labute approximate surface area is 160 Å². The zero-order valence-electron chi connectivity index (χ0n) is 16.9. The van der Waals surface area contributed by atoms with Crippen LogP contribution in [0.25, 0.3) is 0 Å². The van der Waals surface area contributed by atoms with Crippen molar-refractivity contribution in [3.8, 4) is 0 Å². The van der Waals surface area contributed by atoms with Gasteiger partial charge in [-0.1, -0.05) is 102 Å². The lowest BCUT2D eigenvalue weighted by molar-refractivity contribution is -0.116. The molecule has 2 heteroatoms. The van der Waals surface area contributed by atoms with Gasteiger partial charge in [-0.3, -0.25) is 4.79 Å². The second kappa shape index (κ2) is 14.7. The molecule has 0 saturated heterocycles. The van der Waals surface area contributed by atoms with Crippen LogP contribution in [-0.4, -0.2) is 17.0 Å². The number of allylic oxidation sites excluding steroid dienone is 1. The Morgan fingerprint density at radius 3 is 2.31 bits per heavy atom. The summed E-state index contributed by atoms with van der Waals surface area (Å²) >= 11 is 0. The average molecular weight is 359 g/mol. The Hall–Kier alpha value is -1.41. The molecule has 0 aliphatic heterocycles. The minimum absolute atomic E-state index is 0.114. The molecule has 1 aromatic carbocycles. The highest BCUT2D eigenvalue weighted by Gasteiger charge is 2.18. The summed E-state index contributed by atoms with van der Waals surface area (Å²) < 4.78 is 0. The van der Waals surface area contributed by atoms with E-state index in [0.717, 1.165) is 38.5 Å². The van der Waals surface area contributed by atoms with Crippen LogP contribution < -0.4 is 0 Å². The van der Waals surface area contributed by atoms with Crippen molar-refractivity contribution in [3.05, 3.63) is 47.5 Å². The SMILES string of the molecule is CCCC/C=C(/C(=O)CCc1ccccc1)C(O)CCCCCCCC. The van der Waals surface area contributed by atoms with Crippen molar-refractivity contribution < 1.29 is 9.90 Å². The monoisotopic (exact) mass is 358 g/mol. The number of aliphatic hydroxyl groups excluding tert-OH is 1. The number of aryl methyl sites for hydroxylation is 1. The molecule has 0 spiro atoms. The molecule has 2 nitrogen and oxygen atoms in total.